The quantitative estimate of drug-likeness (QED) is 0.308. The van der Waals surface area contributed by atoms with E-state index in [1.807, 2.05) is 38.0 Å². The van der Waals surface area contributed by atoms with Crippen LogP contribution >= 0.6 is 24.0 Å². The van der Waals surface area contributed by atoms with Crippen molar-refractivity contribution in [1.29, 1.82) is 0 Å². The number of guanidine groups is 1. The number of aliphatic imine (C=N–C) groups is 1. The van der Waals surface area contributed by atoms with Gasteiger partial charge in [-0.1, -0.05) is 6.92 Å². The Hall–Kier alpha value is -2.43. The van der Waals surface area contributed by atoms with Gasteiger partial charge in [-0.15, -0.1) is 24.0 Å². The van der Waals surface area contributed by atoms with Gasteiger partial charge in [-0.2, -0.15) is 5.10 Å². The molecule has 31 heavy (non-hydrogen) atoms. The van der Waals surface area contributed by atoms with Crippen molar-refractivity contribution >= 4 is 29.9 Å². The van der Waals surface area contributed by atoms with Crippen LogP contribution in [0.1, 0.15) is 25.1 Å². The van der Waals surface area contributed by atoms with E-state index < -0.39 is 0 Å². The maximum Gasteiger partial charge on any atom is 0.193 e. The molecule has 9 heteroatoms. The van der Waals surface area contributed by atoms with Gasteiger partial charge in [0.2, 0.25) is 0 Å². The lowest BCUT2D eigenvalue weighted by Crippen LogP contribution is -2.49. The number of piperidine rings is 1. The Balaban J connectivity index is 0.00000272. The number of benzene rings is 1. The van der Waals surface area contributed by atoms with Gasteiger partial charge in [0.05, 0.1) is 23.8 Å². The van der Waals surface area contributed by atoms with Crippen LogP contribution in [0.2, 0.25) is 0 Å². The minimum Gasteiger partial charge on any atom is -0.356 e. The van der Waals surface area contributed by atoms with Crippen molar-refractivity contribution in [2.75, 3.05) is 26.7 Å². The van der Waals surface area contributed by atoms with Gasteiger partial charge in [0.25, 0.3) is 0 Å². The first kappa shape index (κ1) is 23.2. The normalized spacial score (nSPS) is 19.2. The summed E-state index contributed by atoms with van der Waals surface area (Å²) >= 11 is 0. The molecule has 3 heterocycles. The molecular weight excluding hydrogens is 508 g/mol. The average molecular weight is 537 g/mol. The highest BCUT2D eigenvalue weighted by atomic mass is 127. The van der Waals surface area contributed by atoms with Crippen LogP contribution in [-0.2, 0) is 6.42 Å². The zero-order valence-electron chi connectivity index (χ0n) is 17.9. The fraction of sp³-hybridized carbons (Fsp3) is 0.409. The van der Waals surface area contributed by atoms with Crippen molar-refractivity contribution in [3.8, 4) is 5.69 Å². The van der Waals surface area contributed by atoms with Crippen molar-refractivity contribution in [3.63, 3.8) is 0 Å². The van der Waals surface area contributed by atoms with Crippen LogP contribution in [0.4, 0.5) is 4.39 Å². The SMILES string of the molecule is CN=C(NCCc1ccn(-c2ccc(F)cc2)n1)N1CCC(C)C(n2ccnc2)C1.I. The van der Waals surface area contributed by atoms with Gasteiger partial charge in [-0.3, -0.25) is 4.99 Å². The van der Waals surface area contributed by atoms with E-state index in [4.69, 9.17) is 0 Å². The molecule has 2 aromatic heterocycles. The third kappa shape index (κ3) is 5.63. The van der Waals surface area contributed by atoms with Crippen LogP contribution in [-0.4, -0.2) is 56.9 Å². The second-order valence-electron chi connectivity index (χ2n) is 7.74. The van der Waals surface area contributed by atoms with Crippen LogP contribution in [0.5, 0.6) is 0 Å². The van der Waals surface area contributed by atoms with Crippen molar-refractivity contribution in [2.24, 2.45) is 10.9 Å². The summed E-state index contributed by atoms with van der Waals surface area (Å²) in [6.45, 7) is 4.95. The number of imidazole rings is 1. The first-order valence-corrected chi connectivity index (χ1v) is 10.4. The minimum absolute atomic E-state index is 0. The smallest absolute Gasteiger partial charge is 0.193 e. The van der Waals surface area contributed by atoms with Gasteiger partial charge in [-0.25, -0.2) is 14.1 Å². The van der Waals surface area contributed by atoms with Crippen LogP contribution < -0.4 is 5.32 Å². The summed E-state index contributed by atoms with van der Waals surface area (Å²) in [7, 11) is 1.83. The van der Waals surface area contributed by atoms with Crippen LogP contribution in [0.15, 0.2) is 60.2 Å². The predicted molar refractivity (Wildman–Crippen MR) is 131 cm³/mol. The van der Waals surface area contributed by atoms with E-state index in [1.165, 1.54) is 12.1 Å². The van der Waals surface area contributed by atoms with Crippen molar-refractivity contribution in [1.82, 2.24) is 29.5 Å². The standard InChI is InChI=1S/C22H28FN7.HI/c1-17-8-12-28(15-21(17)29-14-11-25-16-29)22(24-2)26-10-7-19-9-13-30(27-19)20-5-3-18(23)4-6-20;/h3-6,9,11,13-14,16-17,21H,7-8,10,12,15H2,1-2H3,(H,24,26);1H. The number of aromatic nitrogens is 4. The Morgan fingerprint density at radius 1 is 1.23 bits per heavy atom. The van der Waals surface area contributed by atoms with E-state index in [1.54, 1.807) is 16.8 Å². The molecule has 0 aliphatic carbocycles. The Morgan fingerprint density at radius 2 is 2.03 bits per heavy atom. The molecule has 7 nitrogen and oxygen atoms in total. The summed E-state index contributed by atoms with van der Waals surface area (Å²) < 4.78 is 17.1. The summed E-state index contributed by atoms with van der Waals surface area (Å²) in [5.74, 6) is 1.28. The lowest BCUT2D eigenvalue weighted by Gasteiger charge is -2.39. The van der Waals surface area contributed by atoms with Gasteiger partial charge < -0.3 is 14.8 Å². The summed E-state index contributed by atoms with van der Waals surface area (Å²) in [5, 5.41) is 8.07. The number of nitrogens with one attached hydrogen (secondary N) is 1. The zero-order valence-corrected chi connectivity index (χ0v) is 20.2. The first-order valence-electron chi connectivity index (χ1n) is 10.4. The molecule has 4 rings (SSSR count). The van der Waals surface area contributed by atoms with Crippen LogP contribution in [0.3, 0.4) is 0 Å². The molecule has 1 N–H and O–H groups in total. The summed E-state index contributed by atoms with van der Waals surface area (Å²) in [6, 6.07) is 8.72. The third-order valence-electron chi connectivity index (χ3n) is 5.74. The van der Waals surface area contributed by atoms with E-state index in [0.29, 0.717) is 12.0 Å². The average Bonchev–Trinajstić information content (AvgIpc) is 3.45. The molecule has 0 amide bonds. The molecule has 0 spiro atoms. The lowest BCUT2D eigenvalue weighted by atomic mass is 9.93. The molecule has 1 saturated heterocycles. The highest BCUT2D eigenvalue weighted by molar-refractivity contribution is 14.0. The van der Waals surface area contributed by atoms with Gasteiger partial charge >= 0.3 is 0 Å². The molecule has 166 valence electrons. The fourth-order valence-electron chi connectivity index (χ4n) is 3.96. The second kappa shape index (κ2) is 10.7. The molecule has 1 aromatic carbocycles. The Bertz CT molecular complexity index is 968. The maximum atomic E-state index is 13.1. The number of rotatable bonds is 5. The Labute approximate surface area is 199 Å². The number of halogens is 2. The molecule has 1 aliphatic heterocycles. The molecule has 2 atom stereocenters. The van der Waals surface area contributed by atoms with E-state index in [9.17, 15) is 4.39 Å². The zero-order chi connectivity index (χ0) is 20.9. The summed E-state index contributed by atoms with van der Waals surface area (Å²) in [4.78, 5) is 11.0. The Kier molecular flexibility index (Phi) is 8.05. The van der Waals surface area contributed by atoms with Gasteiger partial charge in [0, 0.05) is 51.7 Å². The number of hydrogen-bond acceptors (Lipinski definition) is 3. The number of hydrogen-bond donors (Lipinski definition) is 1. The molecular formula is C22H29FIN7. The van der Waals surface area contributed by atoms with Crippen molar-refractivity contribution in [3.05, 3.63) is 66.8 Å². The highest BCUT2D eigenvalue weighted by Crippen LogP contribution is 2.27. The van der Waals surface area contributed by atoms with E-state index in [2.05, 4.69) is 36.8 Å². The maximum absolute atomic E-state index is 13.1. The van der Waals surface area contributed by atoms with Crippen molar-refractivity contribution in [2.45, 2.75) is 25.8 Å². The topological polar surface area (TPSA) is 63.3 Å². The van der Waals surface area contributed by atoms with E-state index in [-0.39, 0.29) is 29.8 Å². The van der Waals surface area contributed by atoms with Gasteiger partial charge in [-0.05, 0) is 42.7 Å². The van der Waals surface area contributed by atoms with Crippen LogP contribution in [0.25, 0.3) is 5.69 Å². The fourth-order valence-corrected chi connectivity index (χ4v) is 3.96. The largest absolute Gasteiger partial charge is 0.356 e. The molecule has 1 fully saturated rings. The lowest BCUT2D eigenvalue weighted by molar-refractivity contribution is 0.189. The monoisotopic (exact) mass is 537 g/mol. The Morgan fingerprint density at radius 3 is 2.74 bits per heavy atom. The van der Waals surface area contributed by atoms with E-state index >= 15 is 0 Å². The second-order valence-corrected chi connectivity index (χ2v) is 7.74. The minimum atomic E-state index is -0.246. The summed E-state index contributed by atoms with van der Waals surface area (Å²) in [5.41, 5.74) is 1.82. The highest BCUT2D eigenvalue weighted by Gasteiger charge is 2.28. The number of nitrogens with zero attached hydrogens (tertiary/aromatic N) is 6. The molecule has 3 aromatic rings. The third-order valence-corrected chi connectivity index (χ3v) is 5.74. The summed E-state index contributed by atoms with van der Waals surface area (Å²) in [6.07, 6.45) is 9.58. The van der Waals surface area contributed by atoms with Crippen molar-refractivity contribution < 1.29 is 4.39 Å². The molecule has 0 radical (unpaired) electrons. The predicted octanol–water partition coefficient (Wildman–Crippen LogP) is 3.53. The molecule has 1 aliphatic rings. The van der Waals surface area contributed by atoms with E-state index in [0.717, 1.165) is 49.8 Å². The molecule has 2 unspecified atom stereocenters. The van der Waals surface area contributed by atoms with Gasteiger partial charge in [0.1, 0.15) is 5.82 Å². The first-order chi connectivity index (χ1) is 14.6. The number of likely N-dealkylation sites (tertiary alicyclic amines) is 1. The molecule has 0 bridgehead atoms. The van der Waals surface area contributed by atoms with Crippen LogP contribution in [0, 0.1) is 11.7 Å². The molecule has 0 saturated carbocycles. The van der Waals surface area contributed by atoms with Gasteiger partial charge in [0.15, 0.2) is 5.96 Å².